The predicted octanol–water partition coefficient (Wildman–Crippen LogP) is 3.31. The van der Waals surface area contributed by atoms with Crippen LogP contribution in [0.3, 0.4) is 0 Å². The lowest BCUT2D eigenvalue weighted by atomic mass is 10.2. The van der Waals surface area contributed by atoms with Gasteiger partial charge in [0.05, 0.1) is 9.82 Å². The van der Waals surface area contributed by atoms with E-state index in [0.29, 0.717) is 16.1 Å². The Morgan fingerprint density at radius 1 is 1.38 bits per heavy atom. The quantitative estimate of drug-likeness (QED) is 0.379. The lowest BCUT2D eigenvalue weighted by Crippen LogP contribution is -2.06. The zero-order valence-electron chi connectivity index (χ0n) is 9.64. The minimum atomic E-state index is -0.412. The first-order valence-corrected chi connectivity index (χ1v) is 6.01. The third-order valence-electron chi connectivity index (χ3n) is 2.46. The number of para-hydroxylation sites is 1. The van der Waals surface area contributed by atoms with Crippen LogP contribution in [0, 0.1) is 16.0 Å². The number of nitrogens with zero attached hydrogens (tertiary/aromatic N) is 1. The summed E-state index contributed by atoms with van der Waals surface area (Å²) in [4.78, 5) is 11.1. The molecule has 4 nitrogen and oxygen atoms in total. The zero-order valence-corrected chi connectivity index (χ0v) is 10.5. The van der Waals surface area contributed by atoms with E-state index < -0.39 is 4.92 Å². The van der Waals surface area contributed by atoms with Crippen molar-refractivity contribution >= 4 is 23.1 Å². The second-order valence-electron chi connectivity index (χ2n) is 4.02. The number of thioether (sulfide) groups is 1. The van der Waals surface area contributed by atoms with Crippen molar-refractivity contribution in [2.75, 3.05) is 5.73 Å². The van der Waals surface area contributed by atoms with Gasteiger partial charge in [0, 0.05) is 5.25 Å². The number of nitrogens with two attached hydrogens (primary N) is 1. The number of nitrogen functional groups attached to an aromatic ring is 1. The first-order valence-electron chi connectivity index (χ1n) is 5.13. The summed E-state index contributed by atoms with van der Waals surface area (Å²) in [5.74, 6) is 0.464. The van der Waals surface area contributed by atoms with Gasteiger partial charge >= 0.3 is 5.69 Å². The maximum atomic E-state index is 10.9. The second kappa shape index (κ2) is 5.21. The minimum Gasteiger partial charge on any atom is -0.393 e. The van der Waals surface area contributed by atoms with E-state index in [9.17, 15) is 10.1 Å². The van der Waals surface area contributed by atoms with Gasteiger partial charge in [0.25, 0.3) is 0 Å². The monoisotopic (exact) mass is 240 g/mol. The van der Waals surface area contributed by atoms with Gasteiger partial charge in [-0.05, 0) is 18.1 Å². The Morgan fingerprint density at radius 3 is 2.50 bits per heavy atom. The Bertz CT molecular complexity index is 394. The van der Waals surface area contributed by atoms with Gasteiger partial charge in [-0.25, -0.2) is 0 Å². The van der Waals surface area contributed by atoms with Crippen molar-refractivity contribution in [3.05, 3.63) is 28.3 Å². The maximum Gasteiger partial charge on any atom is 0.305 e. The van der Waals surface area contributed by atoms with E-state index in [2.05, 4.69) is 20.8 Å². The van der Waals surface area contributed by atoms with Crippen molar-refractivity contribution in [3.8, 4) is 0 Å². The van der Waals surface area contributed by atoms with Gasteiger partial charge in [0.2, 0.25) is 0 Å². The van der Waals surface area contributed by atoms with Crippen LogP contribution in [0.5, 0.6) is 0 Å². The van der Waals surface area contributed by atoms with Crippen LogP contribution in [0.2, 0.25) is 0 Å². The lowest BCUT2D eigenvalue weighted by molar-refractivity contribution is -0.386. The van der Waals surface area contributed by atoms with Crippen LogP contribution in [0.1, 0.15) is 20.8 Å². The Kier molecular flexibility index (Phi) is 4.18. The van der Waals surface area contributed by atoms with Crippen molar-refractivity contribution < 1.29 is 4.92 Å². The summed E-state index contributed by atoms with van der Waals surface area (Å²) >= 11 is 1.50. The molecule has 0 radical (unpaired) electrons. The van der Waals surface area contributed by atoms with Gasteiger partial charge in [-0.2, -0.15) is 0 Å². The summed E-state index contributed by atoms with van der Waals surface area (Å²) < 4.78 is 0. The number of nitro groups is 1. The highest BCUT2D eigenvalue weighted by Gasteiger charge is 2.20. The Labute approximate surface area is 99.4 Å². The molecule has 0 aliphatic heterocycles. The van der Waals surface area contributed by atoms with Gasteiger partial charge < -0.3 is 5.73 Å². The fourth-order valence-electron chi connectivity index (χ4n) is 1.17. The number of anilines is 1. The van der Waals surface area contributed by atoms with Crippen molar-refractivity contribution in [3.63, 3.8) is 0 Å². The average Bonchev–Trinajstić information content (AvgIpc) is 2.16. The van der Waals surface area contributed by atoms with Crippen LogP contribution in [-0.4, -0.2) is 10.2 Å². The standard InChI is InChI=1S/C11H16N2O2S/c1-7(2)8(3)16-10-6-4-5-9(12)11(10)13(14)15/h4-8H,12H2,1-3H3. The minimum absolute atomic E-state index is 0.0278. The van der Waals surface area contributed by atoms with E-state index in [1.807, 2.05) is 0 Å². The Balaban J connectivity index is 3.04. The van der Waals surface area contributed by atoms with E-state index in [-0.39, 0.29) is 11.4 Å². The van der Waals surface area contributed by atoms with Gasteiger partial charge in [-0.3, -0.25) is 10.1 Å². The molecular weight excluding hydrogens is 224 g/mol. The van der Waals surface area contributed by atoms with Crippen molar-refractivity contribution in [2.24, 2.45) is 5.92 Å². The van der Waals surface area contributed by atoms with Crippen LogP contribution in [0.25, 0.3) is 0 Å². The summed E-state index contributed by atoms with van der Waals surface area (Å²) in [6.45, 7) is 6.24. The summed E-state index contributed by atoms with van der Waals surface area (Å²) in [6.07, 6.45) is 0. The SMILES string of the molecule is CC(C)C(C)Sc1cccc(N)c1[N+](=O)[O-]. The molecule has 0 aliphatic carbocycles. The molecule has 0 saturated heterocycles. The molecule has 0 amide bonds. The fraction of sp³-hybridized carbons (Fsp3) is 0.455. The Hall–Kier alpha value is -1.23. The van der Waals surface area contributed by atoms with Gasteiger partial charge in [0.15, 0.2) is 0 Å². The van der Waals surface area contributed by atoms with Crippen molar-refractivity contribution in [1.29, 1.82) is 0 Å². The highest BCUT2D eigenvalue weighted by atomic mass is 32.2. The molecule has 1 atom stereocenters. The van der Waals surface area contributed by atoms with Gasteiger partial charge in [-0.1, -0.05) is 26.8 Å². The van der Waals surface area contributed by atoms with Crippen molar-refractivity contribution in [2.45, 2.75) is 30.9 Å². The summed E-state index contributed by atoms with van der Waals surface area (Å²) in [5.41, 5.74) is 5.87. The van der Waals surface area contributed by atoms with Gasteiger partial charge in [-0.15, -0.1) is 11.8 Å². The molecule has 0 spiro atoms. The molecule has 1 unspecified atom stereocenters. The number of hydrogen-bond donors (Lipinski definition) is 1. The smallest absolute Gasteiger partial charge is 0.305 e. The largest absolute Gasteiger partial charge is 0.393 e. The fourth-order valence-corrected chi connectivity index (χ4v) is 2.30. The van der Waals surface area contributed by atoms with Crippen molar-refractivity contribution in [1.82, 2.24) is 0 Å². The molecule has 1 aromatic carbocycles. The maximum absolute atomic E-state index is 10.9. The molecule has 1 aromatic rings. The van der Waals surface area contributed by atoms with E-state index in [0.717, 1.165) is 0 Å². The highest BCUT2D eigenvalue weighted by molar-refractivity contribution is 8.00. The highest BCUT2D eigenvalue weighted by Crippen LogP contribution is 2.37. The van der Waals surface area contributed by atoms with E-state index in [1.165, 1.54) is 11.8 Å². The number of rotatable bonds is 4. The third kappa shape index (κ3) is 2.88. The summed E-state index contributed by atoms with van der Waals surface area (Å²) in [7, 11) is 0. The van der Waals surface area contributed by atoms with Crippen LogP contribution in [0.15, 0.2) is 23.1 Å². The molecule has 0 aromatic heterocycles. The zero-order chi connectivity index (χ0) is 12.3. The molecule has 2 N–H and O–H groups in total. The summed E-state index contributed by atoms with van der Waals surface area (Å²) in [6, 6.07) is 5.05. The van der Waals surface area contributed by atoms with E-state index in [4.69, 9.17) is 5.73 Å². The van der Waals surface area contributed by atoms with Gasteiger partial charge in [0.1, 0.15) is 5.69 Å². The molecule has 16 heavy (non-hydrogen) atoms. The third-order valence-corrected chi connectivity index (χ3v) is 3.96. The summed E-state index contributed by atoms with van der Waals surface area (Å²) in [5, 5.41) is 11.2. The molecule has 0 aliphatic rings. The molecule has 1 rings (SSSR count). The first kappa shape index (κ1) is 12.8. The normalized spacial score (nSPS) is 12.8. The molecular formula is C11H16N2O2S. The molecule has 0 bridgehead atoms. The molecule has 0 fully saturated rings. The molecule has 0 saturated carbocycles. The topological polar surface area (TPSA) is 69.2 Å². The van der Waals surface area contributed by atoms with Crippen LogP contribution in [-0.2, 0) is 0 Å². The van der Waals surface area contributed by atoms with E-state index in [1.54, 1.807) is 18.2 Å². The van der Waals surface area contributed by atoms with E-state index >= 15 is 0 Å². The molecule has 0 heterocycles. The molecule has 5 heteroatoms. The number of benzene rings is 1. The number of hydrogen-bond acceptors (Lipinski definition) is 4. The number of nitro benzene ring substituents is 1. The average molecular weight is 240 g/mol. The first-order chi connectivity index (χ1) is 7.43. The Morgan fingerprint density at radius 2 is 2.00 bits per heavy atom. The second-order valence-corrected chi connectivity index (χ2v) is 5.44. The predicted molar refractivity (Wildman–Crippen MR) is 67.7 cm³/mol. The van der Waals surface area contributed by atoms with Crippen LogP contribution >= 0.6 is 11.8 Å². The molecule has 88 valence electrons. The van der Waals surface area contributed by atoms with Crippen LogP contribution in [0.4, 0.5) is 11.4 Å². The lowest BCUT2D eigenvalue weighted by Gasteiger charge is -2.15. The van der Waals surface area contributed by atoms with Crippen LogP contribution < -0.4 is 5.73 Å².